The quantitative estimate of drug-likeness (QED) is 0.420. The molecule has 2 aromatic heterocycles. The van der Waals surface area contributed by atoms with E-state index in [-0.39, 0.29) is 5.82 Å². The Bertz CT molecular complexity index is 969. The van der Waals surface area contributed by atoms with Gasteiger partial charge in [0.15, 0.2) is 11.2 Å². The Morgan fingerprint density at radius 2 is 1.75 bits per heavy atom. The van der Waals surface area contributed by atoms with Crippen molar-refractivity contribution in [3.8, 4) is 5.69 Å². The zero-order valence-electron chi connectivity index (χ0n) is 12.5. The van der Waals surface area contributed by atoms with E-state index in [9.17, 15) is 4.39 Å². The zero-order chi connectivity index (χ0) is 16.4. The summed E-state index contributed by atoms with van der Waals surface area (Å²) >= 11 is 1.59. The van der Waals surface area contributed by atoms with E-state index >= 15 is 0 Å². The minimum absolute atomic E-state index is 0.295. The van der Waals surface area contributed by atoms with E-state index in [1.165, 1.54) is 24.0 Å². The lowest BCUT2D eigenvalue weighted by molar-refractivity contribution is 0.627. The first kappa shape index (κ1) is 14.8. The van der Waals surface area contributed by atoms with Crippen molar-refractivity contribution in [1.82, 2.24) is 25.0 Å². The van der Waals surface area contributed by atoms with Crippen molar-refractivity contribution in [3.05, 3.63) is 72.3 Å². The molecule has 118 valence electrons. The van der Waals surface area contributed by atoms with Crippen molar-refractivity contribution in [2.45, 2.75) is 10.8 Å². The van der Waals surface area contributed by atoms with E-state index < -0.39 is 0 Å². The third-order valence-electron chi connectivity index (χ3n) is 3.49. The van der Waals surface area contributed by atoms with Crippen LogP contribution in [0.3, 0.4) is 0 Å². The van der Waals surface area contributed by atoms with Gasteiger partial charge >= 0.3 is 0 Å². The highest BCUT2D eigenvalue weighted by atomic mass is 32.2. The zero-order valence-corrected chi connectivity index (χ0v) is 13.3. The van der Waals surface area contributed by atoms with Crippen molar-refractivity contribution in [2.75, 3.05) is 0 Å². The van der Waals surface area contributed by atoms with Gasteiger partial charge in [0.1, 0.15) is 17.2 Å². The molecule has 0 unspecified atom stereocenters. The minimum atomic E-state index is -0.295. The second-order valence-electron chi connectivity index (χ2n) is 5.10. The molecule has 0 N–H and O–H groups in total. The van der Waals surface area contributed by atoms with Crippen molar-refractivity contribution in [3.63, 3.8) is 0 Å². The minimum Gasteiger partial charge on any atom is -0.227 e. The summed E-state index contributed by atoms with van der Waals surface area (Å²) in [5, 5.41) is 9.12. The van der Waals surface area contributed by atoms with Gasteiger partial charge in [-0.1, -0.05) is 47.3 Å². The third kappa shape index (κ3) is 2.85. The number of rotatable bonds is 4. The van der Waals surface area contributed by atoms with Gasteiger partial charge in [-0.05, 0) is 29.8 Å². The summed E-state index contributed by atoms with van der Waals surface area (Å²) in [6.07, 6.45) is 1.50. The highest BCUT2D eigenvalue weighted by Crippen LogP contribution is 2.26. The van der Waals surface area contributed by atoms with Crippen LogP contribution in [0.4, 0.5) is 4.39 Å². The molecule has 0 aliphatic carbocycles. The van der Waals surface area contributed by atoms with Crippen LogP contribution in [0, 0.1) is 5.82 Å². The molecule has 0 aliphatic rings. The fourth-order valence-corrected chi connectivity index (χ4v) is 3.20. The number of thioether (sulfide) groups is 1. The summed E-state index contributed by atoms with van der Waals surface area (Å²) in [6, 6.07) is 16.2. The number of hydrogen-bond donors (Lipinski definition) is 0. The smallest absolute Gasteiger partial charge is 0.187 e. The number of benzene rings is 2. The Morgan fingerprint density at radius 3 is 2.54 bits per heavy atom. The summed E-state index contributed by atoms with van der Waals surface area (Å²) in [5.41, 5.74) is 3.16. The van der Waals surface area contributed by atoms with E-state index in [1.54, 1.807) is 28.6 Å². The van der Waals surface area contributed by atoms with Crippen molar-refractivity contribution in [1.29, 1.82) is 0 Å². The van der Waals surface area contributed by atoms with Crippen LogP contribution in [0.5, 0.6) is 0 Å². The van der Waals surface area contributed by atoms with Gasteiger partial charge in [0.2, 0.25) is 0 Å². The van der Waals surface area contributed by atoms with E-state index in [1.807, 2.05) is 18.2 Å². The van der Waals surface area contributed by atoms with E-state index in [0.29, 0.717) is 16.9 Å². The average molecular weight is 337 g/mol. The number of fused-ring (bicyclic) bond motifs is 1. The summed E-state index contributed by atoms with van der Waals surface area (Å²) in [6.45, 7) is 0. The second-order valence-corrected chi connectivity index (χ2v) is 6.07. The molecule has 0 fully saturated rings. The standard InChI is InChI=1S/C17H12FN5S/c18-13-6-8-14(9-7-13)23-16-15(21-22-23)17(20-11-19-16)24-10-12-4-2-1-3-5-12/h1-9,11H,10H2. The largest absolute Gasteiger partial charge is 0.227 e. The molecule has 5 nitrogen and oxygen atoms in total. The van der Waals surface area contributed by atoms with Crippen LogP contribution in [0.15, 0.2) is 66.0 Å². The third-order valence-corrected chi connectivity index (χ3v) is 4.54. The van der Waals surface area contributed by atoms with E-state index in [2.05, 4.69) is 32.4 Å². The van der Waals surface area contributed by atoms with Crippen LogP contribution < -0.4 is 0 Å². The first-order chi connectivity index (χ1) is 11.8. The normalized spacial score (nSPS) is 11.0. The predicted molar refractivity (Wildman–Crippen MR) is 90.4 cm³/mol. The Balaban J connectivity index is 1.67. The first-order valence-corrected chi connectivity index (χ1v) is 8.29. The Kier molecular flexibility index (Phi) is 3.92. The molecule has 2 heterocycles. The molecule has 0 saturated heterocycles. The van der Waals surface area contributed by atoms with Crippen LogP contribution in [-0.4, -0.2) is 25.0 Å². The fourth-order valence-electron chi connectivity index (χ4n) is 2.32. The number of aromatic nitrogens is 5. The second kappa shape index (κ2) is 6.37. The molecule has 2 aromatic carbocycles. The van der Waals surface area contributed by atoms with Crippen LogP contribution in [-0.2, 0) is 5.75 Å². The summed E-state index contributed by atoms with van der Waals surface area (Å²) < 4.78 is 14.7. The van der Waals surface area contributed by atoms with E-state index in [4.69, 9.17) is 0 Å². The topological polar surface area (TPSA) is 56.5 Å². The molecule has 0 amide bonds. The molecular formula is C17H12FN5S. The number of nitrogens with zero attached hydrogens (tertiary/aromatic N) is 5. The molecule has 0 bridgehead atoms. The van der Waals surface area contributed by atoms with E-state index in [0.717, 1.165) is 10.8 Å². The van der Waals surface area contributed by atoms with Gasteiger partial charge in [-0.3, -0.25) is 0 Å². The SMILES string of the molecule is Fc1ccc(-n2nnc3c(SCc4ccccc4)ncnc32)cc1. The Morgan fingerprint density at radius 1 is 0.958 bits per heavy atom. The van der Waals surface area contributed by atoms with Gasteiger partial charge < -0.3 is 0 Å². The predicted octanol–water partition coefficient (Wildman–Crippen LogP) is 3.64. The lowest BCUT2D eigenvalue weighted by Gasteiger charge is -2.03. The maximum Gasteiger partial charge on any atom is 0.187 e. The average Bonchev–Trinajstić information content (AvgIpc) is 3.06. The maximum absolute atomic E-state index is 13.1. The highest BCUT2D eigenvalue weighted by Gasteiger charge is 2.13. The van der Waals surface area contributed by atoms with Crippen LogP contribution in [0.25, 0.3) is 16.9 Å². The molecule has 0 saturated carbocycles. The Labute approximate surface area is 141 Å². The molecule has 4 aromatic rings. The summed E-state index contributed by atoms with van der Waals surface area (Å²) in [5.74, 6) is 0.494. The Hall–Kier alpha value is -2.80. The molecule has 0 spiro atoms. The molecule has 7 heteroatoms. The van der Waals surface area contributed by atoms with Crippen molar-refractivity contribution >= 4 is 22.9 Å². The first-order valence-electron chi connectivity index (χ1n) is 7.30. The monoisotopic (exact) mass is 337 g/mol. The number of halogens is 1. The summed E-state index contributed by atoms with van der Waals surface area (Å²) in [4.78, 5) is 8.59. The molecule has 0 radical (unpaired) electrons. The van der Waals surface area contributed by atoms with Gasteiger partial charge in [-0.2, -0.15) is 4.68 Å². The van der Waals surface area contributed by atoms with Gasteiger partial charge in [-0.25, -0.2) is 14.4 Å². The lowest BCUT2D eigenvalue weighted by atomic mass is 10.2. The maximum atomic E-state index is 13.1. The van der Waals surface area contributed by atoms with Crippen molar-refractivity contribution in [2.24, 2.45) is 0 Å². The molecule has 24 heavy (non-hydrogen) atoms. The molecule has 4 rings (SSSR count). The fraction of sp³-hybridized carbons (Fsp3) is 0.0588. The lowest BCUT2D eigenvalue weighted by Crippen LogP contribution is -1.98. The van der Waals surface area contributed by atoms with Gasteiger partial charge in [-0.15, -0.1) is 5.10 Å². The van der Waals surface area contributed by atoms with Gasteiger partial charge in [0.05, 0.1) is 5.69 Å². The van der Waals surface area contributed by atoms with Crippen LogP contribution in [0.1, 0.15) is 5.56 Å². The van der Waals surface area contributed by atoms with Gasteiger partial charge in [0, 0.05) is 5.75 Å². The van der Waals surface area contributed by atoms with Crippen molar-refractivity contribution < 1.29 is 4.39 Å². The van der Waals surface area contributed by atoms with Crippen LogP contribution >= 0.6 is 11.8 Å². The van der Waals surface area contributed by atoms with Crippen LogP contribution in [0.2, 0.25) is 0 Å². The highest BCUT2D eigenvalue weighted by molar-refractivity contribution is 7.98. The molecular weight excluding hydrogens is 325 g/mol. The van der Waals surface area contributed by atoms with Gasteiger partial charge in [0.25, 0.3) is 0 Å². The number of hydrogen-bond acceptors (Lipinski definition) is 5. The molecule has 0 atom stereocenters. The molecule has 0 aliphatic heterocycles. The summed E-state index contributed by atoms with van der Waals surface area (Å²) in [7, 11) is 0.